The van der Waals surface area contributed by atoms with Gasteiger partial charge in [0.05, 0.1) is 0 Å². The average Bonchev–Trinajstić information content (AvgIpc) is 3.07. The Hall–Kier alpha value is -2.50. The van der Waals surface area contributed by atoms with Gasteiger partial charge in [0.25, 0.3) is 5.91 Å². The molecule has 1 N–H and O–H groups in total. The number of hydrogen-bond donors (Lipinski definition) is 1. The number of carbonyl (C=O) groups excluding carboxylic acids is 1. The van der Waals surface area contributed by atoms with Crippen LogP contribution in [0.15, 0.2) is 28.9 Å². The highest BCUT2D eigenvalue weighted by Crippen LogP contribution is 2.33. The van der Waals surface area contributed by atoms with E-state index in [1.807, 2.05) is 18.2 Å². The molecule has 1 aromatic carbocycles. The van der Waals surface area contributed by atoms with Gasteiger partial charge in [-0.05, 0) is 36.1 Å². The van der Waals surface area contributed by atoms with Crippen LogP contribution in [0.2, 0.25) is 0 Å². The summed E-state index contributed by atoms with van der Waals surface area (Å²) in [5, 5.41) is 3.10. The number of fused-ring (bicyclic) bond motifs is 1. The minimum atomic E-state index is -0.0917. The summed E-state index contributed by atoms with van der Waals surface area (Å²) >= 11 is 0. The zero-order valence-electron chi connectivity index (χ0n) is 13.6. The van der Waals surface area contributed by atoms with Crippen LogP contribution in [-0.2, 0) is 4.79 Å². The van der Waals surface area contributed by atoms with Gasteiger partial charge in [0.2, 0.25) is 12.8 Å². The van der Waals surface area contributed by atoms with Crippen LogP contribution in [0.3, 0.4) is 0 Å². The third kappa shape index (κ3) is 3.31. The SMILES string of the molecule is CC(C)CCN=C1N/C(=C\c2ccc3c(c2)OCO3)C(=O)N1C. The van der Waals surface area contributed by atoms with E-state index in [0.29, 0.717) is 29.9 Å². The summed E-state index contributed by atoms with van der Waals surface area (Å²) in [6, 6.07) is 5.59. The number of amides is 1. The molecule has 1 saturated heterocycles. The minimum absolute atomic E-state index is 0.0917. The Balaban J connectivity index is 1.76. The maximum Gasteiger partial charge on any atom is 0.276 e. The topological polar surface area (TPSA) is 63.2 Å². The van der Waals surface area contributed by atoms with Crippen molar-refractivity contribution in [3.05, 3.63) is 29.5 Å². The molecule has 23 heavy (non-hydrogen) atoms. The van der Waals surface area contributed by atoms with Crippen LogP contribution in [0.1, 0.15) is 25.8 Å². The Morgan fingerprint density at radius 2 is 2.13 bits per heavy atom. The molecule has 0 saturated carbocycles. The van der Waals surface area contributed by atoms with E-state index >= 15 is 0 Å². The van der Waals surface area contributed by atoms with Gasteiger partial charge in [0, 0.05) is 13.6 Å². The fraction of sp³-hybridized carbons (Fsp3) is 0.412. The van der Waals surface area contributed by atoms with Gasteiger partial charge in [-0.25, -0.2) is 0 Å². The van der Waals surface area contributed by atoms with E-state index in [1.54, 1.807) is 18.0 Å². The summed E-state index contributed by atoms with van der Waals surface area (Å²) in [5.41, 5.74) is 1.39. The average molecular weight is 315 g/mol. The molecule has 2 heterocycles. The summed E-state index contributed by atoms with van der Waals surface area (Å²) in [5.74, 6) is 2.52. The predicted molar refractivity (Wildman–Crippen MR) is 88.2 cm³/mol. The predicted octanol–water partition coefficient (Wildman–Crippen LogP) is 2.22. The second-order valence-corrected chi connectivity index (χ2v) is 6.05. The molecule has 0 unspecified atom stereocenters. The summed E-state index contributed by atoms with van der Waals surface area (Å²) in [4.78, 5) is 18.3. The van der Waals surface area contributed by atoms with E-state index in [9.17, 15) is 4.79 Å². The van der Waals surface area contributed by atoms with Gasteiger partial charge in [-0.2, -0.15) is 0 Å². The first-order valence-electron chi connectivity index (χ1n) is 7.75. The number of benzene rings is 1. The van der Waals surface area contributed by atoms with Crippen LogP contribution in [-0.4, -0.2) is 37.2 Å². The summed E-state index contributed by atoms with van der Waals surface area (Å²) in [6.07, 6.45) is 2.79. The molecule has 0 aromatic heterocycles. The Kier molecular flexibility index (Phi) is 4.23. The van der Waals surface area contributed by atoms with Crippen LogP contribution in [0.5, 0.6) is 11.5 Å². The zero-order valence-corrected chi connectivity index (χ0v) is 13.6. The van der Waals surface area contributed by atoms with Crippen LogP contribution in [0, 0.1) is 5.92 Å². The highest BCUT2D eigenvalue weighted by Gasteiger charge is 2.28. The third-order valence-corrected chi connectivity index (χ3v) is 3.77. The minimum Gasteiger partial charge on any atom is -0.454 e. The van der Waals surface area contributed by atoms with E-state index in [4.69, 9.17) is 9.47 Å². The molecule has 0 spiro atoms. The molecule has 2 aliphatic rings. The first-order valence-corrected chi connectivity index (χ1v) is 7.75. The Morgan fingerprint density at radius 3 is 2.91 bits per heavy atom. The number of rotatable bonds is 4. The molecule has 1 amide bonds. The molecule has 0 bridgehead atoms. The largest absolute Gasteiger partial charge is 0.454 e. The van der Waals surface area contributed by atoms with Crippen molar-refractivity contribution in [1.29, 1.82) is 0 Å². The van der Waals surface area contributed by atoms with Crippen LogP contribution < -0.4 is 14.8 Å². The summed E-state index contributed by atoms with van der Waals surface area (Å²) < 4.78 is 10.6. The molecule has 1 fully saturated rings. The van der Waals surface area contributed by atoms with Crippen molar-refractivity contribution in [2.75, 3.05) is 20.4 Å². The molecule has 1 aromatic rings. The number of hydrogen-bond acceptors (Lipinski definition) is 4. The molecular formula is C17H21N3O3. The van der Waals surface area contributed by atoms with E-state index in [0.717, 1.165) is 17.7 Å². The highest BCUT2D eigenvalue weighted by atomic mass is 16.7. The first-order chi connectivity index (χ1) is 11.0. The quantitative estimate of drug-likeness (QED) is 0.865. The van der Waals surface area contributed by atoms with Crippen molar-refractivity contribution < 1.29 is 14.3 Å². The molecular weight excluding hydrogens is 294 g/mol. The van der Waals surface area contributed by atoms with Gasteiger partial charge >= 0.3 is 0 Å². The van der Waals surface area contributed by atoms with E-state index in [1.165, 1.54) is 0 Å². The molecule has 6 heteroatoms. The maximum absolute atomic E-state index is 12.3. The lowest BCUT2D eigenvalue weighted by Gasteiger charge is -2.07. The Morgan fingerprint density at radius 1 is 1.35 bits per heavy atom. The number of likely N-dealkylation sites (N-methyl/N-ethyl adjacent to an activating group) is 1. The van der Waals surface area contributed by atoms with Crippen LogP contribution in [0.4, 0.5) is 0 Å². The fourth-order valence-corrected chi connectivity index (χ4v) is 2.38. The monoisotopic (exact) mass is 315 g/mol. The first kappa shape index (κ1) is 15.4. The third-order valence-electron chi connectivity index (χ3n) is 3.77. The van der Waals surface area contributed by atoms with Gasteiger partial charge in [0.15, 0.2) is 11.5 Å². The van der Waals surface area contributed by atoms with Gasteiger partial charge in [-0.15, -0.1) is 0 Å². The number of carbonyl (C=O) groups is 1. The fourth-order valence-electron chi connectivity index (χ4n) is 2.38. The zero-order chi connectivity index (χ0) is 16.4. The standard InChI is InChI=1S/C17H21N3O3/c1-11(2)6-7-18-17-19-13(16(21)20(17)3)8-12-4-5-14-15(9-12)23-10-22-14/h4-5,8-9,11H,6-7,10H2,1-3H3,(H,18,19)/b13-8-. The lowest BCUT2D eigenvalue weighted by Crippen LogP contribution is -2.28. The Bertz CT molecular complexity index is 680. The second-order valence-electron chi connectivity index (χ2n) is 6.05. The lowest BCUT2D eigenvalue weighted by atomic mass is 10.1. The van der Waals surface area contributed by atoms with Crippen molar-refractivity contribution in [1.82, 2.24) is 10.2 Å². The van der Waals surface area contributed by atoms with Crippen LogP contribution in [0.25, 0.3) is 6.08 Å². The molecule has 6 nitrogen and oxygen atoms in total. The molecule has 0 atom stereocenters. The second kappa shape index (κ2) is 6.32. The normalized spacial score (nSPS) is 20.0. The number of nitrogens with one attached hydrogen (secondary N) is 1. The van der Waals surface area contributed by atoms with Crippen LogP contribution >= 0.6 is 0 Å². The molecule has 2 aliphatic heterocycles. The number of guanidine groups is 1. The Labute approximate surface area is 135 Å². The number of aliphatic imine (C=N–C) groups is 1. The number of ether oxygens (including phenoxy) is 2. The molecule has 3 rings (SSSR count). The van der Waals surface area contributed by atoms with E-state index < -0.39 is 0 Å². The smallest absolute Gasteiger partial charge is 0.276 e. The van der Waals surface area contributed by atoms with Crippen molar-refractivity contribution in [3.8, 4) is 11.5 Å². The molecule has 0 radical (unpaired) electrons. The summed E-state index contributed by atoms with van der Waals surface area (Å²) in [6.45, 7) is 5.25. The van der Waals surface area contributed by atoms with E-state index in [-0.39, 0.29) is 12.7 Å². The summed E-state index contributed by atoms with van der Waals surface area (Å²) in [7, 11) is 1.73. The van der Waals surface area contributed by atoms with E-state index in [2.05, 4.69) is 24.2 Å². The molecule has 0 aliphatic carbocycles. The van der Waals surface area contributed by atoms with Crippen molar-refractivity contribution in [2.45, 2.75) is 20.3 Å². The van der Waals surface area contributed by atoms with Gasteiger partial charge in [0.1, 0.15) is 5.70 Å². The molecule has 122 valence electrons. The van der Waals surface area contributed by atoms with Crippen molar-refractivity contribution in [3.63, 3.8) is 0 Å². The van der Waals surface area contributed by atoms with Crippen molar-refractivity contribution >= 4 is 17.9 Å². The van der Waals surface area contributed by atoms with Gasteiger partial charge < -0.3 is 14.8 Å². The highest BCUT2D eigenvalue weighted by molar-refractivity contribution is 6.15. The van der Waals surface area contributed by atoms with Crippen molar-refractivity contribution in [2.24, 2.45) is 10.9 Å². The number of nitrogens with zero attached hydrogens (tertiary/aromatic N) is 2. The lowest BCUT2D eigenvalue weighted by molar-refractivity contribution is -0.121. The maximum atomic E-state index is 12.3. The van der Waals surface area contributed by atoms with Gasteiger partial charge in [-0.1, -0.05) is 19.9 Å². The van der Waals surface area contributed by atoms with Gasteiger partial charge in [-0.3, -0.25) is 14.7 Å².